The summed E-state index contributed by atoms with van der Waals surface area (Å²) < 4.78 is 33.2. The first-order valence-corrected chi connectivity index (χ1v) is 12.1. The number of amides is 1. The Balaban J connectivity index is 1.50. The number of nitrogens with zero attached hydrogens (tertiary/aromatic N) is 1. The first-order valence-electron chi connectivity index (χ1n) is 10.3. The first kappa shape index (κ1) is 22.3. The number of sulfonamides is 1. The van der Waals surface area contributed by atoms with Crippen LogP contribution in [0.25, 0.3) is 0 Å². The van der Waals surface area contributed by atoms with Gasteiger partial charge in [-0.05, 0) is 55.3 Å². The van der Waals surface area contributed by atoms with Gasteiger partial charge in [0.15, 0.2) is 5.75 Å². The normalized spacial score (nSPS) is 17.0. The van der Waals surface area contributed by atoms with Gasteiger partial charge in [-0.3, -0.25) is 4.79 Å². The molecule has 1 heterocycles. The molecule has 0 spiro atoms. The third kappa shape index (κ3) is 5.12. The number of hydrogen-bond acceptors (Lipinski definition) is 4. The van der Waals surface area contributed by atoms with Crippen LogP contribution in [-0.2, 0) is 14.8 Å². The zero-order chi connectivity index (χ0) is 22.6. The summed E-state index contributed by atoms with van der Waals surface area (Å²) in [6, 6.07) is 22.5. The number of piperidine rings is 1. The lowest BCUT2D eigenvalue weighted by molar-refractivity contribution is -0.120. The molecule has 6 nitrogen and oxygen atoms in total. The summed E-state index contributed by atoms with van der Waals surface area (Å²) in [7, 11) is -3.65. The second-order valence-corrected chi connectivity index (χ2v) is 9.93. The molecule has 8 heteroatoms. The van der Waals surface area contributed by atoms with E-state index in [1.807, 2.05) is 30.3 Å². The third-order valence-electron chi connectivity index (χ3n) is 5.31. The number of benzene rings is 3. The highest BCUT2D eigenvalue weighted by atomic mass is 35.5. The summed E-state index contributed by atoms with van der Waals surface area (Å²) >= 11 is 6.15. The molecule has 1 aliphatic heterocycles. The van der Waals surface area contributed by atoms with Gasteiger partial charge in [-0.2, -0.15) is 4.31 Å². The van der Waals surface area contributed by atoms with Crippen LogP contribution in [0.3, 0.4) is 0 Å². The molecule has 0 aromatic heterocycles. The number of carbonyl (C=O) groups excluding carboxylic acids is 1. The van der Waals surface area contributed by atoms with Crippen molar-refractivity contribution < 1.29 is 17.9 Å². The largest absolute Gasteiger partial charge is 0.455 e. The summed E-state index contributed by atoms with van der Waals surface area (Å²) in [4.78, 5) is 13.3. The van der Waals surface area contributed by atoms with Gasteiger partial charge in [-0.1, -0.05) is 48.0 Å². The number of anilines is 1. The number of carbonyl (C=O) groups is 1. The van der Waals surface area contributed by atoms with Crippen LogP contribution < -0.4 is 10.1 Å². The van der Waals surface area contributed by atoms with E-state index in [1.54, 1.807) is 48.5 Å². The van der Waals surface area contributed by atoms with Crippen LogP contribution in [0, 0.1) is 5.92 Å². The van der Waals surface area contributed by atoms with Gasteiger partial charge in [0.05, 0.1) is 16.5 Å². The summed E-state index contributed by atoms with van der Waals surface area (Å²) in [5.41, 5.74) is 0.439. The third-order valence-corrected chi connectivity index (χ3v) is 7.42. The number of hydrogen-bond donors (Lipinski definition) is 1. The van der Waals surface area contributed by atoms with Crippen molar-refractivity contribution in [3.63, 3.8) is 0 Å². The maximum atomic E-state index is 13.1. The summed E-state index contributed by atoms with van der Waals surface area (Å²) in [5, 5.41) is 3.34. The van der Waals surface area contributed by atoms with E-state index in [9.17, 15) is 13.2 Å². The number of rotatable bonds is 6. The van der Waals surface area contributed by atoms with Gasteiger partial charge in [-0.25, -0.2) is 8.42 Å². The van der Waals surface area contributed by atoms with Crippen LogP contribution in [0.4, 0.5) is 5.69 Å². The quantitative estimate of drug-likeness (QED) is 0.539. The fourth-order valence-corrected chi connectivity index (χ4v) is 5.37. The Hall–Kier alpha value is -2.87. The van der Waals surface area contributed by atoms with Crippen LogP contribution in [0.5, 0.6) is 11.5 Å². The van der Waals surface area contributed by atoms with Crippen molar-refractivity contribution in [2.75, 3.05) is 18.4 Å². The van der Waals surface area contributed by atoms with E-state index in [0.717, 1.165) is 0 Å². The van der Waals surface area contributed by atoms with E-state index in [2.05, 4.69) is 5.32 Å². The highest BCUT2D eigenvalue weighted by Gasteiger charge is 2.33. The molecule has 1 aliphatic rings. The molecule has 1 saturated heterocycles. The van der Waals surface area contributed by atoms with Crippen LogP contribution in [0.1, 0.15) is 12.8 Å². The summed E-state index contributed by atoms with van der Waals surface area (Å²) in [6.07, 6.45) is 1.20. The van der Waals surface area contributed by atoms with Crippen LogP contribution in [0.15, 0.2) is 83.8 Å². The van der Waals surface area contributed by atoms with E-state index in [-0.39, 0.29) is 17.3 Å². The van der Waals surface area contributed by atoms with Gasteiger partial charge in [0.25, 0.3) is 0 Å². The standard InChI is InChI=1S/C24H23ClN2O4S/c25-19-13-14-23(31-20-9-3-1-4-10-20)22(16-19)26-24(28)18-8-7-15-27(17-18)32(29,30)21-11-5-2-6-12-21/h1-6,9-14,16,18H,7-8,15,17H2,(H,26,28)/t18-/m1/s1. The Morgan fingerprint density at radius 2 is 1.69 bits per heavy atom. The van der Waals surface area contributed by atoms with Gasteiger partial charge < -0.3 is 10.1 Å². The molecule has 1 N–H and O–H groups in total. The van der Waals surface area contributed by atoms with Crippen LogP contribution >= 0.6 is 11.6 Å². The Labute approximate surface area is 192 Å². The molecule has 4 rings (SSSR count). The predicted molar refractivity (Wildman–Crippen MR) is 125 cm³/mol. The topological polar surface area (TPSA) is 75.7 Å². The fraction of sp³-hybridized carbons (Fsp3) is 0.208. The Bertz CT molecular complexity index is 1190. The van der Waals surface area contributed by atoms with Gasteiger partial charge in [0.1, 0.15) is 5.75 Å². The molecule has 32 heavy (non-hydrogen) atoms. The molecule has 0 radical (unpaired) electrons. The molecule has 166 valence electrons. The van der Waals surface area contributed by atoms with Crippen molar-refractivity contribution in [3.05, 3.63) is 83.9 Å². The number of halogens is 1. The summed E-state index contributed by atoms with van der Waals surface area (Å²) in [6.45, 7) is 0.513. The highest BCUT2D eigenvalue weighted by Crippen LogP contribution is 2.33. The molecule has 1 fully saturated rings. The molecule has 1 atom stereocenters. The average molecular weight is 471 g/mol. The van der Waals surface area contributed by atoms with Gasteiger partial charge in [0, 0.05) is 18.1 Å². The van der Waals surface area contributed by atoms with Crippen molar-refractivity contribution in [1.29, 1.82) is 0 Å². The Morgan fingerprint density at radius 1 is 1.00 bits per heavy atom. The molecular weight excluding hydrogens is 448 g/mol. The maximum absolute atomic E-state index is 13.1. The highest BCUT2D eigenvalue weighted by molar-refractivity contribution is 7.89. The van der Waals surface area contributed by atoms with Crippen molar-refractivity contribution in [1.82, 2.24) is 4.31 Å². The fourth-order valence-electron chi connectivity index (χ4n) is 3.66. The monoisotopic (exact) mass is 470 g/mol. The minimum Gasteiger partial charge on any atom is -0.455 e. The number of nitrogens with one attached hydrogen (secondary N) is 1. The number of ether oxygens (including phenoxy) is 1. The lowest BCUT2D eigenvalue weighted by Gasteiger charge is -2.31. The van der Waals surface area contributed by atoms with E-state index in [4.69, 9.17) is 16.3 Å². The Kier molecular flexibility index (Phi) is 6.79. The average Bonchev–Trinajstić information content (AvgIpc) is 2.82. The molecule has 0 aliphatic carbocycles. The van der Waals surface area contributed by atoms with Crippen molar-refractivity contribution in [3.8, 4) is 11.5 Å². The van der Waals surface area contributed by atoms with E-state index in [0.29, 0.717) is 41.6 Å². The van der Waals surface area contributed by atoms with E-state index < -0.39 is 15.9 Å². The molecule has 0 saturated carbocycles. The molecule has 0 unspecified atom stereocenters. The van der Waals surface area contributed by atoms with Crippen molar-refractivity contribution >= 4 is 33.2 Å². The molecule has 0 bridgehead atoms. The van der Waals surface area contributed by atoms with Gasteiger partial charge in [-0.15, -0.1) is 0 Å². The zero-order valence-corrected chi connectivity index (χ0v) is 18.9. The zero-order valence-electron chi connectivity index (χ0n) is 17.3. The number of para-hydroxylation sites is 1. The van der Waals surface area contributed by atoms with Crippen molar-refractivity contribution in [2.24, 2.45) is 5.92 Å². The molecule has 3 aromatic carbocycles. The minimum atomic E-state index is -3.65. The lowest BCUT2D eigenvalue weighted by Crippen LogP contribution is -2.43. The minimum absolute atomic E-state index is 0.124. The van der Waals surface area contributed by atoms with E-state index >= 15 is 0 Å². The smallest absolute Gasteiger partial charge is 0.243 e. The maximum Gasteiger partial charge on any atom is 0.243 e. The first-order chi connectivity index (χ1) is 15.4. The lowest BCUT2D eigenvalue weighted by atomic mass is 9.98. The molecule has 3 aromatic rings. The molecular formula is C24H23ClN2O4S. The van der Waals surface area contributed by atoms with Crippen LogP contribution in [0.2, 0.25) is 5.02 Å². The second kappa shape index (κ2) is 9.73. The summed E-state index contributed by atoms with van der Waals surface area (Å²) in [5.74, 6) is 0.338. The SMILES string of the molecule is O=C(Nc1cc(Cl)ccc1Oc1ccccc1)[C@@H]1CCCN(S(=O)(=O)c2ccccc2)C1. The van der Waals surface area contributed by atoms with Crippen LogP contribution in [-0.4, -0.2) is 31.7 Å². The second-order valence-electron chi connectivity index (χ2n) is 7.56. The Morgan fingerprint density at radius 3 is 2.41 bits per heavy atom. The predicted octanol–water partition coefficient (Wildman–Crippen LogP) is 5.17. The van der Waals surface area contributed by atoms with E-state index in [1.165, 1.54) is 4.31 Å². The van der Waals surface area contributed by atoms with Gasteiger partial charge >= 0.3 is 0 Å². The van der Waals surface area contributed by atoms with Crippen molar-refractivity contribution in [2.45, 2.75) is 17.7 Å². The van der Waals surface area contributed by atoms with Gasteiger partial charge in [0.2, 0.25) is 15.9 Å². The molecule has 1 amide bonds.